The molecule has 150 valence electrons. The second-order valence-electron chi connectivity index (χ2n) is 6.99. The summed E-state index contributed by atoms with van der Waals surface area (Å²) in [7, 11) is 0. The first-order valence-electron chi connectivity index (χ1n) is 9.44. The quantitative estimate of drug-likeness (QED) is 0.356. The molecule has 1 fully saturated rings. The highest BCUT2D eigenvalue weighted by Crippen LogP contribution is 2.42. The summed E-state index contributed by atoms with van der Waals surface area (Å²) in [4.78, 5) is 22.2. The minimum Gasteiger partial charge on any atom is -0.464 e. The van der Waals surface area contributed by atoms with Gasteiger partial charge in [0.1, 0.15) is 16.4 Å². The number of thiophene rings is 2. The fraction of sp³-hybridized carbons (Fsp3) is 0.200. The minimum absolute atomic E-state index is 0.147. The van der Waals surface area contributed by atoms with Crippen molar-refractivity contribution in [3.05, 3.63) is 57.5 Å². The van der Waals surface area contributed by atoms with Gasteiger partial charge in [-0.25, -0.2) is 4.98 Å². The molecule has 0 spiro atoms. The van der Waals surface area contributed by atoms with Crippen LogP contribution in [0.5, 0.6) is 0 Å². The van der Waals surface area contributed by atoms with E-state index in [1.807, 2.05) is 23.6 Å². The molecule has 0 atom stereocenters. The van der Waals surface area contributed by atoms with Crippen LogP contribution in [-0.4, -0.2) is 24.7 Å². The molecule has 5 aromatic rings. The van der Waals surface area contributed by atoms with Crippen molar-refractivity contribution in [3.8, 4) is 22.0 Å². The summed E-state index contributed by atoms with van der Waals surface area (Å²) in [6.07, 6.45) is 3.90. The fourth-order valence-electron chi connectivity index (χ4n) is 3.42. The molecular formula is C20H15N5O2S3. The number of fused-ring (bicyclic) bond motifs is 1. The molecule has 5 aromatic heterocycles. The molecule has 10 heteroatoms. The second kappa shape index (κ2) is 7.22. The Morgan fingerprint density at radius 1 is 1.23 bits per heavy atom. The summed E-state index contributed by atoms with van der Waals surface area (Å²) in [6.45, 7) is 0. The van der Waals surface area contributed by atoms with E-state index in [-0.39, 0.29) is 5.56 Å². The summed E-state index contributed by atoms with van der Waals surface area (Å²) in [5, 5.41) is 14.3. The molecule has 0 radical (unpaired) electrons. The first-order valence-corrected chi connectivity index (χ1v) is 12.2. The Hall–Kier alpha value is -2.69. The van der Waals surface area contributed by atoms with E-state index < -0.39 is 0 Å². The molecule has 0 aliphatic heterocycles. The van der Waals surface area contributed by atoms with Gasteiger partial charge in [0, 0.05) is 17.0 Å². The van der Waals surface area contributed by atoms with Crippen molar-refractivity contribution in [1.29, 1.82) is 0 Å². The third-order valence-corrected chi connectivity index (χ3v) is 7.63. The SMILES string of the molecule is O=c1[nH]c(CSc2nnc(-c3cccs3)n2C2CC2)nc2scc(-c3ccco3)c12. The van der Waals surface area contributed by atoms with Gasteiger partial charge in [0.2, 0.25) is 0 Å². The number of rotatable bonds is 6. The zero-order valence-corrected chi connectivity index (χ0v) is 18.0. The average Bonchev–Trinajstić information content (AvgIpc) is 3.25. The minimum atomic E-state index is -0.147. The summed E-state index contributed by atoms with van der Waals surface area (Å²) in [6, 6.07) is 8.22. The van der Waals surface area contributed by atoms with Crippen LogP contribution < -0.4 is 5.56 Å². The third kappa shape index (κ3) is 3.11. The van der Waals surface area contributed by atoms with E-state index in [1.54, 1.807) is 29.4 Å². The Bertz CT molecular complexity index is 1380. The van der Waals surface area contributed by atoms with Gasteiger partial charge in [0.25, 0.3) is 5.56 Å². The number of aromatic nitrogens is 5. The van der Waals surface area contributed by atoms with E-state index in [4.69, 9.17) is 4.42 Å². The molecule has 1 saturated carbocycles. The maximum absolute atomic E-state index is 12.8. The summed E-state index contributed by atoms with van der Waals surface area (Å²) in [5.74, 6) is 2.75. The van der Waals surface area contributed by atoms with Crippen LogP contribution in [0.25, 0.3) is 32.2 Å². The number of nitrogens with one attached hydrogen (secondary N) is 1. The molecule has 30 heavy (non-hydrogen) atoms. The summed E-state index contributed by atoms with van der Waals surface area (Å²) < 4.78 is 7.69. The van der Waals surface area contributed by atoms with Crippen LogP contribution in [0.4, 0.5) is 0 Å². The number of hydrogen-bond acceptors (Lipinski definition) is 8. The van der Waals surface area contributed by atoms with Crippen LogP contribution in [0.3, 0.4) is 0 Å². The van der Waals surface area contributed by atoms with Crippen molar-refractivity contribution in [1.82, 2.24) is 24.7 Å². The standard InChI is InChI=1S/C20H15N5O2S3/c26-18-16-12(13-3-1-7-27-13)9-29-19(16)22-15(21-18)10-30-20-24-23-17(14-4-2-8-28-14)25(20)11-5-6-11/h1-4,7-9,11H,5-6,10H2,(H,21,22,26). The van der Waals surface area contributed by atoms with Crippen molar-refractivity contribution in [2.45, 2.75) is 29.8 Å². The Morgan fingerprint density at radius 2 is 2.17 bits per heavy atom. The maximum Gasteiger partial charge on any atom is 0.260 e. The number of H-pyrrole nitrogens is 1. The molecule has 1 aliphatic rings. The van der Waals surface area contributed by atoms with E-state index in [1.165, 1.54) is 11.3 Å². The van der Waals surface area contributed by atoms with Crippen LogP contribution in [0, 0.1) is 0 Å². The third-order valence-electron chi connectivity index (χ3n) is 4.94. The van der Waals surface area contributed by atoms with Crippen molar-refractivity contribution >= 4 is 44.7 Å². The average molecular weight is 454 g/mol. The second-order valence-corrected chi connectivity index (χ2v) is 9.74. The van der Waals surface area contributed by atoms with Crippen LogP contribution >= 0.6 is 34.4 Å². The first kappa shape index (κ1) is 18.1. The zero-order chi connectivity index (χ0) is 20.1. The van der Waals surface area contributed by atoms with E-state index in [9.17, 15) is 4.79 Å². The topological polar surface area (TPSA) is 89.6 Å². The lowest BCUT2D eigenvalue weighted by molar-refractivity contribution is 0.583. The van der Waals surface area contributed by atoms with Crippen molar-refractivity contribution in [2.75, 3.05) is 0 Å². The largest absolute Gasteiger partial charge is 0.464 e. The predicted molar refractivity (Wildman–Crippen MR) is 119 cm³/mol. The molecule has 7 nitrogen and oxygen atoms in total. The van der Waals surface area contributed by atoms with Gasteiger partial charge < -0.3 is 9.40 Å². The molecule has 0 saturated heterocycles. The number of aromatic amines is 1. The Labute approximate surface area is 182 Å². The monoisotopic (exact) mass is 453 g/mol. The van der Waals surface area contributed by atoms with Gasteiger partial charge in [-0.15, -0.1) is 32.9 Å². The normalized spacial score (nSPS) is 14.0. The molecule has 0 aromatic carbocycles. The maximum atomic E-state index is 12.8. The number of nitrogens with zero attached hydrogens (tertiary/aromatic N) is 4. The van der Waals surface area contributed by atoms with Gasteiger partial charge in [-0.1, -0.05) is 17.8 Å². The highest BCUT2D eigenvalue weighted by Gasteiger charge is 2.30. The van der Waals surface area contributed by atoms with Gasteiger partial charge in [0.15, 0.2) is 11.0 Å². The van der Waals surface area contributed by atoms with Crippen LogP contribution in [0.2, 0.25) is 0 Å². The van der Waals surface area contributed by atoms with Gasteiger partial charge >= 0.3 is 0 Å². The van der Waals surface area contributed by atoms with Gasteiger partial charge in [-0.2, -0.15) is 0 Å². The van der Waals surface area contributed by atoms with E-state index in [0.717, 1.165) is 34.3 Å². The van der Waals surface area contributed by atoms with E-state index in [0.29, 0.717) is 33.6 Å². The van der Waals surface area contributed by atoms with Gasteiger partial charge in [-0.3, -0.25) is 9.36 Å². The van der Waals surface area contributed by atoms with Crippen LogP contribution in [0.15, 0.2) is 55.7 Å². The summed E-state index contributed by atoms with van der Waals surface area (Å²) in [5.41, 5.74) is 0.633. The van der Waals surface area contributed by atoms with Crippen LogP contribution in [0.1, 0.15) is 24.7 Å². The molecule has 0 amide bonds. The molecular weight excluding hydrogens is 438 g/mol. The Morgan fingerprint density at radius 3 is 2.93 bits per heavy atom. The Balaban J connectivity index is 1.30. The molecule has 6 rings (SSSR count). The lowest BCUT2D eigenvalue weighted by atomic mass is 10.2. The highest BCUT2D eigenvalue weighted by molar-refractivity contribution is 7.98. The van der Waals surface area contributed by atoms with Crippen molar-refractivity contribution in [2.24, 2.45) is 0 Å². The highest BCUT2D eigenvalue weighted by atomic mass is 32.2. The first-order chi connectivity index (χ1) is 14.8. The molecule has 5 heterocycles. The number of thioether (sulfide) groups is 1. The van der Waals surface area contributed by atoms with Crippen LogP contribution in [-0.2, 0) is 5.75 Å². The summed E-state index contributed by atoms with van der Waals surface area (Å²) >= 11 is 4.68. The smallest absolute Gasteiger partial charge is 0.260 e. The number of hydrogen-bond donors (Lipinski definition) is 1. The lowest BCUT2D eigenvalue weighted by Gasteiger charge is -2.07. The predicted octanol–water partition coefficient (Wildman–Crippen LogP) is 5.19. The van der Waals surface area contributed by atoms with Gasteiger partial charge in [0.05, 0.1) is 22.3 Å². The number of furan rings is 1. The van der Waals surface area contributed by atoms with E-state index >= 15 is 0 Å². The fourth-order valence-corrected chi connectivity index (χ4v) is 5.95. The zero-order valence-electron chi connectivity index (χ0n) is 15.6. The Kier molecular flexibility index (Phi) is 4.36. The molecule has 0 bridgehead atoms. The van der Waals surface area contributed by atoms with Crippen molar-refractivity contribution in [3.63, 3.8) is 0 Å². The van der Waals surface area contributed by atoms with Crippen molar-refractivity contribution < 1.29 is 4.42 Å². The molecule has 1 aliphatic carbocycles. The molecule has 0 unspecified atom stereocenters. The molecule has 1 N–H and O–H groups in total. The van der Waals surface area contributed by atoms with E-state index in [2.05, 4.69) is 36.2 Å². The lowest BCUT2D eigenvalue weighted by Crippen LogP contribution is -2.11. The van der Waals surface area contributed by atoms with Gasteiger partial charge in [-0.05, 0) is 36.4 Å².